The predicted molar refractivity (Wildman–Crippen MR) is 156 cm³/mol. The molecule has 4 rings (SSSR count). The summed E-state index contributed by atoms with van der Waals surface area (Å²) in [7, 11) is -3.92. The molecule has 39 heavy (non-hydrogen) atoms. The average molecular weight is 570 g/mol. The number of carbonyl (C=O) groups excluding carboxylic acids is 1. The van der Waals surface area contributed by atoms with E-state index < -0.39 is 10.0 Å². The summed E-state index contributed by atoms with van der Waals surface area (Å²) in [5.41, 5.74) is 3.42. The van der Waals surface area contributed by atoms with Gasteiger partial charge in [0.15, 0.2) is 0 Å². The Labute approximate surface area is 237 Å². The molecule has 1 fully saturated rings. The maximum absolute atomic E-state index is 14.2. The highest BCUT2D eigenvalue weighted by Crippen LogP contribution is 2.26. The van der Waals surface area contributed by atoms with Crippen molar-refractivity contribution in [3.8, 4) is 0 Å². The number of amides is 1. The number of aryl methyl sites for hydroxylation is 4. The molecular formula is C30H39N3O4S2. The Hall–Kier alpha value is -2.56. The standard InChI is InChI=1S/C30H39N3O4S2/c1-23-18-24(2)30(25(3)19-23)39(35,36)33(13-12-31-14-16-37-17-15-31)22-29(34)32(20-27-8-6-5-7-9-27)21-28-11-10-26(4)38-28/h5-11,18-19H,12-17,20-22H2,1-4H3. The molecule has 1 saturated heterocycles. The van der Waals surface area contributed by atoms with Gasteiger partial charge >= 0.3 is 0 Å². The molecule has 1 amide bonds. The molecule has 2 heterocycles. The van der Waals surface area contributed by atoms with Crippen molar-refractivity contribution < 1.29 is 17.9 Å². The third-order valence-corrected chi connectivity index (χ3v) is 10.1. The van der Waals surface area contributed by atoms with E-state index in [9.17, 15) is 13.2 Å². The summed E-state index contributed by atoms with van der Waals surface area (Å²) < 4.78 is 35.1. The van der Waals surface area contributed by atoms with Crippen LogP contribution in [0.4, 0.5) is 0 Å². The molecule has 9 heteroatoms. The van der Waals surface area contributed by atoms with Crippen molar-refractivity contribution in [1.82, 2.24) is 14.1 Å². The number of sulfonamides is 1. The topological polar surface area (TPSA) is 70.2 Å². The van der Waals surface area contributed by atoms with Gasteiger partial charge in [-0.3, -0.25) is 9.69 Å². The zero-order chi connectivity index (χ0) is 28.0. The minimum Gasteiger partial charge on any atom is -0.379 e. The lowest BCUT2D eigenvalue weighted by molar-refractivity contribution is -0.132. The minimum atomic E-state index is -3.92. The Morgan fingerprint density at radius 1 is 0.949 bits per heavy atom. The van der Waals surface area contributed by atoms with E-state index in [0.29, 0.717) is 48.9 Å². The number of hydrogen-bond donors (Lipinski definition) is 0. The third kappa shape index (κ3) is 7.77. The number of ether oxygens (including phenoxy) is 1. The van der Waals surface area contributed by atoms with Crippen LogP contribution in [-0.4, -0.2) is 74.4 Å². The first-order chi connectivity index (χ1) is 18.6. The van der Waals surface area contributed by atoms with Gasteiger partial charge in [-0.2, -0.15) is 4.31 Å². The van der Waals surface area contributed by atoms with Crippen LogP contribution in [0.2, 0.25) is 0 Å². The van der Waals surface area contributed by atoms with E-state index in [1.165, 1.54) is 9.18 Å². The molecule has 3 aromatic rings. The zero-order valence-electron chi connectivity index (χ0n) is 23.4. The minimum absolute atomic E-state index is 0.210. The number of hydrogen-bond acceptors (Lipinski definition) is 6. The van der Waals surface area contributed by atoms with E-state index in [1.807, 2.05) is 82.3 Å². The van der Waals surface area contributed by atoms with Crippen LogP contribution in [0, 0.1) is 27.7 Å². The molecule has 7 nitrogen and oxygen atoms in total. The smallest absolute Gasteiger partial charge is 0.244 e. The lowest BCUT2D eigenvalue weighted by Gasteiger charge is -2.31. The average Bonchev–Trinajstić information content (AvgIpc) is 3.30. The van der Waals surface area contributed by atoms with Crippen LogP contribution in [0.3, 0.4) is 0 Å². The van der Waals surface area contributed by atoms with Gasteiger partial charge in [-0.15, -0.1) is 11.3 Å². The quantitative estimate of drug-likeness (QED) is 0.339. The monoisotopic (exact) mass is 569 g/mol. The number of benzene rings is 2. The van der Waals surface area contributed by atoms with Crippen molar-refractivity contribution in [2.24, 2.45) is 0 Å². The van der Waals surface area contributed by atoms with E-state index in [-0.39, 0.29) is 19.0 Å². The fourth-order valence-electron chi connectivity index (χ4n) is 5.11. The molecule has 0 N–H and O–H groups in total. The van der Waals surface area contributed by atoms with Crippen LogP contribution in [0.5, 0.6) is 0 Å². The highest BCUT2D eigenvalue weighted by molar-refractivity contribution is 7.89. The van der Waals surface area contributed by atoms with Crippen molar-refractivity contribution >= 4 is 27.3 Å². The summed E-state index contributed by atoms with van der Waals surface area (Å²) in [6.45, 7) is 11.9. The fraction of sp³-hybridized carbons (Fsp3) is 0.433. The normalized spacial score (nSPS) is 14.6. The van der Waals surface area contributed by atoms with Crippen molar-refractivity contribution in [3.05, 3.63) is 86.6 Å². The molecule has 0 aliphatic carbocycles. The third-order valence-electron chi connectivity index (χ3n) is 7.00. The Morgan fingerprint density at radius 2 is 1.62 bits per heavy atom. The first-order valence-corrected chi connectivity index (χ1v) is 15.6. The first-order valence-electron chi connectivity index (χ1n) is 13.4. The molecule has 0 spiro atoms. The van der Waals surface area contributed by atoms with Gasteiger partial charge in [-0.1, -0.05) is 48.0 Å². The largest absolute Gasteiger partial charge is 0.379 e. The first kappa shape index (κ1) is 29.4. The molecule has 1 aromatic heterocycles. The molecule has 0 bridgehead atoms. The maximum Gasteiger partial charge on any atom is 0.244 e. The van der Waals surface area contributed by atoms with E-state index >= 15 is 0 Å². The van der Waals surface area contributed by atoms with Crippen molar-refractivity contribution in [2.45, 2.75) is 45.7 Å². The van der Waals surface area contributed by atoms with Crippen LogP contribution in [0.15, 0.2) is 59.5 Å². The van der Waals surface area contributed by atoms with Crippen molar-refractivity contribution in [3.63, 3.8) is 0 Å². The Kier molecular flexibility index (Phi) is 9.96. The van der Waals surface area contributed by atoms with Gasteiger partial charge in [0.1, 0.15) is 0 Å². The molecule has 0 radical (unpaired) electrons. The summed E-state index contributed by atoms with van der Waals surface area (Å²) in [5, 5.41) is 0. The SMILES string of the molecule is Cc1cc(C)c(S(=O)(=O)N(CCN2CCOCC2)CC(=O)N(Cc2ccccc2)Cc2ccc(C)s2)c(C)c1. The number of morpholine rings is 1. The second kappa shape index (κ2) is 13.2. The molecule has 1 aliphatic rings. The molecule has 1 aliphatic heterocycles. The van der Waals surface area contributed by atoms with E-state index in [0.717, 1.165) is 29.1 Å². The molecule has 0 unspecified atom stereocenters. The summed E-state index contributed by atoms with van der Waals surface area (Å²) in [6, 6.07) is 17.7. The molecule has 0 atom stereocenters. The Balaban J connectivity index is 1.63. The van der Waals surface area contributed by atoms with Gasteiger partial charge in [-0.25, -0.2) is 8.42 Å². The van der Waals surface area contributed by atoms with Gasteiger partial charge in [0.2, 0.25) is 15.9 Å². The van der Waals surface area contributed by atoms with Crippen molar-refractivity contribution in [1.29, 1.82) is 0 Å². The number of thiophene rings is 1. The van der Waals surface area contributed by atoms with Crippen LogP contribution in [-0.2, 0) is 32.6 Å². The molecule has 0 saturated carbocycles. The van der Waals surface area contributed by atoms with Crippen LogP contribution in [0.1, 0.15) is 32.0 Å². The summed E-state index contributed by atoms with van der Waals surface area (Å²) in [6.07, 6.45) is 0. The number of carbonyl (C=O) groups is 1. The number of rotatable bonds is 11. The second-order valence-corrected chi connectivity index (χ2v) is 13.5. The number of nitrogens with zero attached hydrogens (tertiary/aromatic N) is 3. The van der Waals surface area contributed by atoms with Gasteiger partial charge in [0.25, 0.3) is 0 Å². The van der Waals surface area contributed by atoms with E-state index in [2.05, 4.69) is 4.90 Å². The lowest BCUT2D eigenvalue weighted by Crippen LogP contribution is -2.47. The lowest BCUT2D eigenvalue weighted by atomic mass is 10.1. The summed E-state index contributed by atoms with van der Waals surface area (Å²) >= 11 is 1.66. The summed E-state index contributed by atoms with van der Waals surface area (Å²) in [4.78, 5) is 20.4. The maximum atomic E-state index is 14.2. The highest BCUT2D eigenvalue weighted by Gasteiger charge is 2.31. The van der Waals surface area contributed by atoms with Gasteiger partial charge in [0.05, 0.1) is 31.2 Å². The van der Waals surface area contributed by atoms with Crippen LogP contribution in [0.25, 0.3) is 0 Å². The van der Waals surface area contributed by atoms with Crippen LogP contribution >= 0.6 is 11.3 Å². The van der Waals surface area contributed by atoms with Crippen LogP contribution < -0.4 is 0 Å². The Morgan fingerprint density at radius 3 is 2.23 bits per heavy atom. The second-order valence-electron chi connectivity index (χ2n) is 10.3. The molecule has 210 valence electrons. The van der Waals surface area contributed by atoms with Gasteiger partial charge < -0.3 is 9.64 Å². The highest BCUT2D eigenvalue weighted by atomic mass is 32.2. The predicted octanol–water partition coefficient (Wildman–Crippen LogP) is 4.53. The molecule has 2 aromatic carbocycles. The van der Waals surface area contributed by atoms with E-state index in [1.54, 1.807) is 16.2 Å². The Bertz CT molecular complexity index is 1340. The zero-order valence-corrected chi connectivity index (χ0v) is 25.0. The fourth-order valence-corrected chi connectivity index (χ4v) is 7.81. The van der Waals surface area contributed by atoms with Crippen molar-refractivity contribution in [2.75, 3.05) is 45.9 Å². The summed E-state index contributed by atoms with van der Waals surface area (Å²) in [5.74, 6) is -0.210. The van der Waals surface area contributed by atoms with E-state index in [4.69, 9.17) is 4.74 Å². The van der Waals surface area contributed by atoms with Gasteiger partial charge in [-0.05, 0) is 56.5 Å². The van der Waals surface area contributed by atoms with Gasteiger partial charge in [0, 0.05) is 42.5 Å². The molecular weight excluding hydrogens is 530 g/mol.